The summed E-state index contributed by atoms with van der Waals surface area (Å²) in [5.41, 5.74) is 0.934. The van der Waals surface area contributed by atoms with Gasteiger partial charge in [0.25, 0.3) is 0 Å². The summed E-state index contributed by atoms with van der Waals surface area (Å²) < 4.78 is 0. The minimum absolute atomic E-state index is 0.519. The van der Waals surface area contributed by atoms with Gasteiger partial charge in [0, 0.05) is 28.0 Å². The van der Waals surface area contributed by atoms with Crippen molar-refractivity contribution in [1.82, 2.24) is 4.98 Å². The molecule has 0 spiro atoms. The lowest BCUT2D eigenvalue weighted by Crippen LogP contribution is -2.24. The monoisotopic (exact) mass is 290 g/mol. The van der Waals surface area contributed by atoms with Gasteiger partial charge in [-0.15, -0.1) is 0 Å². The van der Waals surface area contributed by atoms with E-state index in [0.717, 1.165) is 5.56 Å². The van der Waals surface area contributed by atoms with E-state index in [1.807, 2.05) is 19.1 Å². The van der Waals surface area contributed by atoms with E-state index in [4.69, 9.17) is 23.2 Å². The average Bonchev–Trinajstić information content (AvgIpc) is 2.39. The van der Waals surface area contributed by atoms with Gasteiger partial charge in [-0.2, -0.15) is 5.26 Å². The number of rotatable bonds is 3. The van der Waals surface area contributed by atoms with Crippen LogP contribution in [0.15, 0.2) is 42.7 Å². The Bertz CT molecular complexity index is 600. The first kappa shape index (κ1) is 13.9. The van der Waals surface area contributed by atoms with Crippen molar-refractivity contribution in [1.29, 1.82) is 5.26 Å². The molecule has 4 heteroatoms. The fraction of sp³-hybridized carbons (Fsp3) is 0.200. The third kappa shape index (κ3) is 2.89. The maximum Gasteiger partial charge on any atom is 0.0863 e. The highest BCUT2D eigenvalue weighted by molar-refractivity contribution is 6.36. The van der Waals surface area contributed by atoms with Crippen LogP contribution in [0.25, 0.3) is 0 Å². The van der Waals surface area contributed by atoms with Gasteiger partial charge < -0.3 is 0 Å². The van der Waals surface area contributed by atoms with Crippen LogP contribution < -0.4 is 0 Å². The highest BCUT2D eigenvalue weighted by Crippen LogP contribution is 2.37. The smallest absolute Gasteiger partial charge is 0.0863 e. The topological polar surface area (TPSA) is 36.7 Å². The van der Waals surface area contributed by atoms with Crippen LogP contribution in [0.5, 0.6) is 0 Å². The maximum absolute atomic E-state index is 9.57. The molecular weight excluding hydrogens is 279 g/mol. The highest BCUT2D eigenvalue weighted by atomic mass is 35.5. The summed E-state index contributed by atoms with van der Waals surface area (Å²) in [5, 5.41) is 10.6. The molecule has 0 aliphatic rings. The van der Waals surface area contributed by atoms with E-state index in [1.54, 1.807) is 30.6 Å². The highest BCUT2D eigenvalue weighted by Gasteiger charge is 2.31. The third-order valence-electron chi connectivity index (χ3n) is 3.07. The van der Waals surface area contributed by atoms with Gasteiger partial charge in [0.05, 0.1) is 11.5 Å². The van der Waals surface area contributed by atoms with Crippen molar-refractivity contribution >= 4 is 23.2 Å². The first-order chi connectivity index (χ1) is 9.07. The SMILES string of the molecule is CC(C#N)(Cc1ccncc1)c1c(Cl)cccc1Cl. The first-order valence-corrected chi connectivity index (χ1v) is 6.57. The van der Waals surface area contributed by atoms with Crippen LogP contribution in [0.1, 0.15) is 18.1 Å². The van der Waals surface area contributed by atoms with Crippen molar-refractivity contribution in [3.8, 4) is 6.07 Å². The predicted octanol–water partition coefficient (Wildman–Crippen LogP) is 4.41. The zero-order valence-corrected chi connectivity index (χ0v) is 11.9. The van der Waals surface area contributed by atoms with Gasteiger partial charge in [0.15, 0.2) is 0 Å². The number of nitriles is 1. The van der Waals surface area contributed by atoms with Gasteiger partial charge in [-0.1, -0.05) is 29.3 Å². The predicted molar refractivity (Wildman–Crippen MR) is 77.4 cm³/mol. The second-order valence-corrected chi connectivity index (χ2v) is 5.39. The molecule has 0 aliphatic carbocycles. The lowest BCUT2D eigenvalue weighted by atomic mass is 9.78. The van der Waals surface area contributed by atoms with Gasteiger partial charge in [0.2, 0.25) is 0 Å². The van der Waals surface area contributed by atoms with Crippen LogP contribution in [-0.4, -0.2) is 4.98 Å². The first-order valence-electron chi connectivity index (χ1n) is 5.81. The van der Waals surface area contributed by atoms with Crippen molar-refractivity contribution in [3.63, 3.8) is 0 Å². The van der Waals surface area contributed by atoms with Crippen LogP contribution in [-0.2, 0) is 11.8 Å². The number of benzene rings is 1. The third-order valence-corrected chi connectivity index (χ3v) is 3.70. The zero-order chi connectivity index (χ0) is 13.9. The quantitative estimate of drug-likeness (QED) is 0.839. The van der Waals surface area contributed by atoms with E-state index in [0.29, 0.717) is 22.0 Å². The molecule has 2 nitrogen and oxygen atoms in total. The second-order valence-electron chi connectivity index (χ2n) is 4.57. The molecule has 0 aliphatic heterocycles. The molecule has 1 heterocycles. The zero-order valence-electron chi connectivity index (χ0n) is 10.4. The van der Waals surface area contributed by atoms with E-state index in [2.05, 4.69) is 11.1 Å². The van der Waals surface area contributed by atoms with Crippen molar-refractivity contribution < 1.29 is 0 Å². The molecule has 1 unspecified atom stereocenters. The molecule has 0 N–H and O–H groups in total. The summed E-state index contributed by atoms with van der Waals surface area (Å²) in [6.45, 7) is 1.85. The minimum Gasteiger partial charge on any atom is -0.265 e. The van der Waals surface area contributed by atoms with Crippen molar-refractivity contribution in [2.24, 2.45) is 0 Å². The Morgan fingerprint density at radius 2 is 1.74 bits per heavy atom. The molecule has 0 bridgehead atoms. The minimum atomic E-state index is -0.767. The molecule has 2 aromatic rings. The summed E-state index contributed by atoms with van der Waals surface area (Å²) in [6.07, 6.45) is 3.96. The molecular formula is C15H12Cl2N2. The summed E-state index contributed by atoms with van der Waals surface area (Å²) in [4.78, 5) is 3.97. The Morgan fingerprint density at radius 1 is 1.16 bits per heavy atom. The summed E-state index contributed by atoms with van der Waals surface area (Å²) in [7, 11) is 0. The molecule has 0 radical (unpaired) electrons. The average molecular weight is 291 g/mol. The van der Waals surface area contributed by atoms with Crippen LogP contribution in [0.3, 0.4) is 0 Å². The number of aromatic nitrogens is 1. The van der Waals surface area contributed by atoms with E-state index >= 15 is 0 Å². The lowest BCUT2D eigenvalue weighted by molar-refractivity contribution is 0.606. The fourth-order valence-corrected chi connectivity index (χ4v) is 2.93. The number of hydrogen-bond donors (Lipinski definition) is 0. The van der Waals surface area contributed by atoms with E-state index < -0.39 is 5.41 Å². The normalized spacial score (nSPS) is 13.6. The Kier molecular flexibility index (Phi) is 4.09. The van der Waals surface area contributed by atoms with Gasteiger partial charge in [0.1, 0.15) is 0 Å². The molecule has 96 valence electrons. The molecule has 0 saturated heterocycles. The molecule has 0 saturated carbocycles. The fourth-order valence-electron chi connectivity index (χ4n) is 2.12. The number of pyridine rings is 1. The Hall–Kier alpha value is -1.56. The number of hydrogen-bond acceptors (Lipinski definition) is 2. The maximum atomic E-state index is 9.57. The summed E-state index contributed by atoms with van der Waals surface area (Å²) >= 11 is 12.4. The van der Waals surface area contributed by atoms with E-state index in [1.165, 1.54) is 0 Å². The van der Waals surface area contributed by atoms with Crippen molar-refractivity contribution in [2.75, 3.05) is 0 Å². The molecule has 2 rings (SSSR count). The summed E-state index contributed by atoms with van der Waals surface area (Å²) in [5.74, 6) is 0. The Labute approximate surface area is 122 Å². The molecule has 19 heavy (non-hydrogen) atoms. The molecule has 1 aromatic carbocycles. The molecule has 0 fully saturated rings. The largest absolute Gasteiger partial charge is 0.265 e. The van der Waals surface area contributed by atoms with E-state index in [9.17, 15) is 5.26 Å². The number of nitrogens with zero attached hydrogens (tertiary/aromatic N) is 2. The van der Waals surface area contributed by atoms with Gasteiger partial charge in [-0.05, 0) is 43.2 Å². The van der Waals surface area contributed by atoms with Crippen LogP contribution in [0.2, 0.25) is 10.0 Å². The molecule has 1 atom stereocenters. The Morgan fingerprint density at radius 3 is 2.26 bits per heavy atom. The second kappa shape index (κ2) is 5.61. The van der Waals surface area contributed by atoms with Crippen LogP contribution >= 0.6 is 23.2 Å². The Balaban J connectivity index is 2.47. The van der Waals surface area contributed by atoms with E-state index in [-0.39, 0.29) is 0 Å². The van der Waals surface area contributed by atoms with Crippen molar-refractivity contribution in [3.05, 3.63) is 63.9 Å². The lowest BCUT2D eigenvalue weighted by Gasteiger charge is -2.24. The molecule has 1 aromatic heterocycles. The number of halogens is 2. The van der Waals surface area contributed by atoms with Crippen LogP contribution in [0, 0.1) is 11.3 Å². The standard InChI is InChI=1S/C15H12Cl2N2/c1-15(10-18,9-11-5-7-19-8-6-11)14-12(16)3-2-4-13(14)17/h2-8H,9H2,1H3. The van der Waals surface area contributed by atoms with Gasteiger partial charge >= 0.3 is 0 Å². The molecule has 0 amide bonds. The van der Waals surface area contributed by atoms with Crippen molar-refractivity contribution in [2.45, 2.75) is 18.8 Å². The van der Waals surface area contributed by atoms with Gasteiger partial charge in [-0.25, -0.2) is 0 Å². The summed E-state index contributed by atoms with van der Waals surface area (Å²) in [6, 6.07) is 11.4. The van der Waals surface area contributed by atoms with Crippen LogP contribution in [0.4, 0.5) is 0 Å². The van der Waals surface area contributed by atoms with Gasteiger partial charge in [-0.3, -0.25) is 4.98 Å².